The summed E-state index contributed by atoms with van der Waals surface area (Å²) in [7, 11) is -2.21. The molecule has 0 aliphatic rings. The summed E-state index contributed by atoms with van der Waals surface area (Å²) in [5.41, 5.74) is 1.42. The molecule has 3 aromatic rings. The Balaban J connectivity index is 1.76. The number of benzene rings is 2. The van der Waals surface area contributed by atoms with Crippen molar-refractivity contribution >= 4 is 21.6 Å². The minimum atomic E-state index is -3.75. The Morgan fingerprint density at radius 1 is 1.19 bits per heavy atom. The first-order valence-electron chi connectivity index (χ1n) is 7.62. The molecule has 0 radical (unpaired) electrons. The van der Waals surface area contributed by atoms with Crippen LogP contribution in [0.15, 0.2) is 51.8 Å². The van der Waals surface area contributed by atoms with Gasteiger partial charge in [0.1, 0.15) is 5.75 Å². The lowest BCUT2D eigenvalue weighted by Gasteiger charge is -2.06. The fourth-order valence-corrected chi connectivity index (χ4v) is 3.48. The van der Waals surface area contributed by atoms with Crippen molar-refractivity contribution in [3.05, 3.63) is 58.9 Å². The summed E-state index contributed by atoms with van der Waals surface area (Å²) in [5.74, 6) is 0.959. The van der Waals surface area contributed by atoms with E-state index in [2.05, 4.69) is 14.9 Å². The van der Waals surface area contributed by atoms with Gasteiger partial charge in [0.05, 0.1) is 24.1 Å². The zero-order valence-corrected chi connectivity index (χ0v) is 15.6. The molecule has 136 valence electrons. The summed E-state index contributed by atoms with van der Waals surface area (Å²) in [4.78, 5) is 0.0672. The average Bonchev–Trinajstić information content (AvgIpc) is 3.11. The number of para-hydroxylation sites is 1. The summed E-state index contributed by atoms with van der Waals surface area (Å²) in [6.45, 7) is 1.65. The zero-order chi connectivity index (χ0) is 18.7. The summed E-state index contributed by atoms with van der Waals surface area (Å²) in [5, 5.41) is 8.19. The highest BCUT2D eigenvalue weighted by Crippen LogP contribution is 2.28. The molecule has 26 heavy (non-hydrogen) atoms. The molecule has 0 saturated carbocycles. The molecule has 3 rings (SSSR count). The van der Waals surface area contributed by atoms with E-state index in [0.717, 1.165) is 5.56 Å². The van der Waals surface area contributed by atoms with Gasteiger partial charge in [-0.05, 0) is 36.8 Å². The predicted octanol–water partition coefficient (Wildman–Crippen LogP) is 3.19. The van der Waals surface area contributed by atoms with Crippen LogP contribution in [0.1, 0.15) is 11.5 Å². The van der Waals surface area contributed by atoms with Crippen molar-refractivity contribution in [1.82, 2.24) is 14.9 Å². The molecule has 0 spiro atoms. The largest absolute Gasteiger partial charge is 0.496 e. The lowest BCUT2D eigenvalue weighted by molar-refractivity contribution is 0.413. The van der Waals surface area contributed by atoms with Gasteiger partial charge >= 0.3 is 0 Å². The van der Waals surface area contributed by atoms with Gasteiger partial charge in [0, 0.05) is 5.02 Å². The number of hydrogen-bond acceptors (Lipinski definition) is 6. The highest BCUT2D eigenvalue weighted by molar-refractivity contribution is 7.89. The van der Waals surface area contributed by atoms with E-state index in [9.17, 15) is 8.42 Å². The number of hydrogen-bond donors (Lipinski definition) is 1. The van der Waals surface area contributed by atoms with Gasteiger partial charge in [-0.15, -0.1) is 10.2 Å². The van der Waals surface area contributed by atoms with Gasteiger partial charge in [0.15, 0.2) is 0 Å². The molecule has 0 fully saturated rings. The molecule has 2 aromatic carbocycles. The van der Waals surface area contributed by atoms with Crippen molar-refractivity contribution in [3.63, 3.8) is 0 Å². The Hall–Kier alpha value is -2.42. The molecule has 1 N–H and O–H groups in total. The van der Waals surface area contributed by atoms with Crippen LogP contribution >= 0.6 is 11.6 Å². The van der Waals surface area contributed by atoms with E-state index in [4.69, 9.17) is 20.8 Å². The highest BCUT2D eigenvalue weighted by Gasteiger charge is 2.18. The van der Waals surface area contributed by atoms with Gasteiger partial charge in [-0.3, -0.25) is 0 Å². The first-order valence-corrected chi connectivity index (χ1v) is 9.48. The molecule has 0 aliphatic carbocycles. The fourth-order valence-electron chi connectivity index (χ4n) is 2.24. The quantitative estimate of drug-likeness (QED) is 0.691. The summed E-state index contributed by atoms with van der Waals surface area (Å²) < 4.78 is 37.9. The maximum Gasteiger partial charge on any atom is 0.251 e. The molecule has 1 aromatic heterocycles. The lowest BCUT2D eigenvalue weighted by Crippen LogP contribution is -2.23. The van der Waals surface area contributed by atoms with Gasteiger partial charge in [0.2, 0.25) is 15.9 Å². The molecule has 0 saturated heterocycles. The average molecular weight is 394 g/mol. The third kappa shape index (κ3) is 3.87. The molecular weight excluding hydrogens is 378 g/mol. The standard InChI is InChI=1S/C17H16ClN3O4S/c1-11-7-8-12(9-14(11)18)26(22,23)19-10-16-20-21-17(25-16)13-5-3-4-6-15(13)24-2/h3-9,19H,10H2,1-2H3. The summed E-state index contributed by atoms with van der Waals surface area (Å²) >= 11 is 5.99. The molecule has 1 heterocycles. The molecule has 0 bridgehead atoms. The van der Waals surface area contributed by atoms with E-state index in [1.54, 1.807) is 25.1 Å². The molecule has 7 nitrogen and oxygen atoms in total. The summed E-state index contributed by atoms with van der Waals surface area (Å²) in [6, 6.07) is 11.7. The number of aryl methyl sites for hydroxylation is 1. The maximum absolute atomic E-state index is 12.4. The topological polar surface area (TPSA) is 94.3 Å². The number of methoxy groups -OCH3 is 1. The molecule has 0 unspecified atom stereocenters. The van der Waals surface area contributed by atoms with Crippen LogP contribution in [0, 0.1) is 6.92 Å². The highest BCUT2D eigenvalue weighted by atomic mass is 35.5. The Kier molecular flexibility index (Phi) is 5.26. The number of nitrogens with zero attached hydrogens (tertiary/aromatic N) is 2. The minimum Gasteiger partial charge on any atom is -0.496 e. The van der Waals surface area contributed by atoms with Crippen molar-refractivity contribution in [2.75, 3.05) is 7.11 Å². The Morgan fingerprint density at radius 2 is 1.96 bits per heavy atom. The summed E-state index contributed by atoms with van der Waals surface area (Å²) in [6.07, 6.45) is 0. The number of ether oxygens (including phenoxy) is 1. The molecular formula is C17H16ClN3O4S. The van der Waals surface area contributed by atoms with Gasteiger partial charge in [-0.25, -0.2) is 13.1 Å². The minimum absolute atomic E-state index is 0.0672. The normalized spacial score (nSPS) is 11.5. The number of sulfonamides is 1. The molecule has 0 amide bonds. The Morgan fingerprint density at radius 3 is 2.69 bits per heavy atom. The van der Waals surface area contributed by atoms with Gasteiger partial charge in [-0.1, -0.05) is 29.8 Å². The van der Waals surface area contributed by atoms with E-state index in [1.807, 2.05) is 12.1 Å². The number of halogens is 1. The van der Waals surface area contributed by atoms with Crippen LogP contribution in [0.25, 0.3) is 11.5 Å². The van der Waals surface area contributed by atoms with Crippen molar-refractivity contribution < 1.29 is 17.6 Å². The van der Waals surface area contributed by atoms with Crippen LogP contribution in [0.4, 0.5) is 0 Å². The third-order valence-corrected chi connectivity index (χ3v) is 5.48. The van der Waals surface area contributed by atoms with Crippen molar-refractivity contribution in [2.24, 2.45) is 0 Å². The second-order valence-electron chi connectivity index (χ2n) is 5.44. The van der Waals surface area contributed by atoms with E-state index >= 15 is 0 Å². The van der Waals surface area contributed by atoms with Crippen LogP contribution in [-0.2, 0) is 16.6 Å². The Labute approximate surface area is 156 Å². The zero-order valence-electron chi connectivity index (χ0n) is 14.1. The van der Waals surface area contributed by atoms with Crippen LogP contribution < -0.4 is 9.46 Å². The smallest absolute Gasteiger partial charge is 0.251 e. The number of rotatable bonds is 6. The number of aromatic nitrogens is 2. The van der Waals surface area contributed by atoms with Crippen LogP contribution in [-0.4, -0.2) is 25.7 Å². The number of nitrogens with one attached hydrogen (secondary N) is 1. The molecule has 0 aliphatic heterocycles. The lowest BCUT2D eigenvalue weighted by atomic mass is 10.2. The SMILES string of the molecule is COc1ccccc1-c1nnc(CNS(=O)(=O)c2ccc(C)c(Cl)c2)o1. The van der Waals surface area contributed by atoms with E-state index in [0.29, 0.717) is 16.3 Å². The monoisotopic (exact) mass is 393 g/mol. The van der Waals surface area contributed by atoms with Crippen LogP contribution in [0.2, 0.25) is 5.02 Å². The second kappa shape index (κ2) is 7.45. The van der Waals surface area contributed by atoms with Crippen molar-refractivity contribution in [2.45, 2.75) is 18.4 Å². The molecule has 0 atom stereocenters. The predicted molar refractivity (Wildman–Crippen MR) is 96.5 cm³/mol. The van der Waals surface area contributed by atoms with Gasteiger partial charge in [0.25, 0.3) is 5.89 Å². The molecule has 9 heteroatoms. The maximum atomic E-state index is 12.4. The first-order chi connectivity index (χ1) is 12.4. The third-order valence-electron chi connectivity index (χ3n) is 3.67. The fraction of sp³-hybridized carbons (Fsp3) is 0.176. The van der Waals surface area contributed by atoms with Gasteiger partial charge in [-0.2, -0.15) is 0 Å². The Bertz CT molecular complexity index is 1030. The first kappa shape index (κ1) is 18.4. The van der Waals surface area contributed by atoms with E-state index < -0.39 is 10.0 Å². The van der Waals surface area contributed by atoms with E-state index in [1.165, 1.54) is 19.2 Å². The van der Waals surface area contributed by atoms with Gasteiger partial charge < -0.3 is 9.15 Å². The van der Waals surface area contributed by atoms with Crippen molar-refractivity contribution in [3.8, 4) is 17.2 Å². The van der Waals surface area contributed by atoms with Crippen molar-refractivity contribution in [1.29, 1.82) is 0 Å². The van der Waals surface area contributed by atoms with Crippen LogP contribution in [0.5, 0.6) is 5.75 Å². The second-order valence-corrected chi connectivity index (χ2v) is 7.61. The van der Waals surface area contributed by atoms with Crippen LogP contribution in [0.3, 0.4) is 0 Å². The van der Waals surface area contributed by atoms with E-state index in [-0.39, 0.29) is 23.2 Å².